The highest BCUT2D eigenvalue weighted by Gasteiger charge is 2.26. The molecule has 2 aromatic rings. The molecule has 0 aliphatic rings. The first-order valence-electron chi connectivity index (χ1n) is 5.80. The van der Waals surface area contributed by atoms with E-state index in [0.29, 0.717) is 11.8 Å². The fraction of sp³-hybridized carbons (Fsp3) is 0.0833. The van der Waals surface area contributed by atoms with Crippen LogP contribution in [0.1, 0.15) is 0 Å². The lowest BCUT2D eigenvalue weighted by molar-refractivity contribution is -0.113. The Morgan fingerprint density at radius 2 is 1.65 bits per heavy atom. The van der Waals surface area contributed by atoms with Crippen LogP contribution in [0.15, 0.2) is 22.2 Å². The molecule has 0 saturated carbocycles. The highest BCUT2D eigenvalue weighted by atomic mass is 32.2. The van der Waals surface area contributed by atoms with E-state index in [0.717, 1.165) is 6.07 Å². The van der Waals surface area contributed by atoms with E-state index in [-0.39, 0.29) is 5.16 Å². The molecule has 1 aromatic heterocycles. The Hall–Kier alpha value is -2.43. The minimum absolute atomic E-state index is 0.0464. The quantitative estimate of drug-likeness (QED) is 0.291. The van der Waals surface area contributed by atoms with Crippen LogP contribution in [0.4, 0.5) is 27.6 Å². The Morgan fingerprint density at radius 1 is 1.09 bits per heavy atom. The number of amides is 1. The van der Waals surface area contributed by atoms with Crippen molar-refractivity contribution in [3.8, 4) is 0 Å². The molecule has 1 amide bonds. The van der Waals surface area contributed by atoms with E-state index >= 15 is 0 Å². The number of nitrogens with one attached hydrogen (secondary N) is 2. The molecule has 5 nitrogen and oxygen atoms in total. The number of thioether (sulfide) groups is 1. The number of hydrogen-bond donors (Lipinski definition) is 2. The van der Waals surface area contributed by atoms with Gasteiger partial charge < -0.3 is 10.3 Å². The van der Waals surface area contributed by atoms with E-state index < -0.39 is 52.0 Å². The fourth-order valence-corrected chi connectivity index (χ4v) is 2.10. The number of halogens is 5. The largest absolute Gasteiger partial charge is 0.320 e. The number of benzene rings is 1. The second-order valence-electron chi connectivity index (χ2n) is 4.02. The van der Waals surface area contributed by atoms with Gasteiger partial charge in [-0.1, -0.05) is 11.8 Å². The first-order chi connectivity index (χ1) is 10.8. The van der Waals surface area contributed by atoms with Gasteiger partial charge in [-0.25, -0.2) is 26.9 Å². The van der Waals surface area contributed by atoms with Gasteiger partial charge in [0.05, 0.1) is 5.75 Å². The number of H-pyrrole nitrogens is 1. The smallest absolute Gasteiger partial charge is 0.251 e. The number of aromatic amines is 1. The molecule has 0 aliphatic heterocycles. The molecule has 0 radical (unpaired) electrons. The fourth-order valence-electron chi connectivity index (χ4n) is 1.45. The van der Waals surface area contributed by atoms with Crippen molar-refractivity contribution in [1.82, 2.24) is 9.97 Å². The maximum absolute atomic E-state index is 13.4. The van der Waals surface area contributed by atoms with E-state index in [4.69, 9.17) is 0 Å². The molecule has 122 valence electrons. The lowest BCUT2D eigenvalue weighted by atomic mass is 10.2. The monoisotopic (exact) mass is 351 g/mol. The first-order valence-corrected chi connectivity index (χ1v) is 6.79. The van der Waals surface area contributed by atoms with Crippen molar-refractivity contribution < 1.29 is 26.7 Å². The number of nitrogens with zero attached hydrogens (tertiary/aromatic N) is 1. The molecule has 0 spiro atoms. The summed E-state index contributed by atoms with van der Waals surface area (Å²) in [6.45, 7) is 0. The molecule has 2 rings (SSSR count). The van der Waals surface area contributed by atoms with Gasteiger partial charge in [-0.3, -0.25) is 9.59 Å². The van der Waals surface area contributed by atoms with E-state index in [1.165, 1.54) is 6.20 Å². The summed E-state index contributed by atoms with van der Waals surface area (Å²) in [5.41, 5.74) is -1.93. The van der Waals surface area contributed by atoms with E-state index in [1.807, 2.05) is 0 Å². The van der Waals surface area contributed by atoms with E-state index in [9.17, 15) is 31.5 Å². The second kappa shape index (κ2) is 6.77. The molecular weight excluding hydrogens is 345 g/mol. The summed E-state index contributed by atoms with van der Waals surface area (Å²) in [6, 6.07) is 1.12. The van der Waals surface area contributed by atoms with E-state index in [2.05, 4.69) is 9.97 Å². The van der Waals surface area contributed by atoms with Crippen molar-refractivity contribution in [3.05, 3.63) is 51.7 Å². The van der Waals surface area contributed by atoms with Crippen LogP contribution in [0.5, 0.6) is 0 Å². The van der Waals surface area contributed by atoms with Crippen molar-refractivity contribution in [1.29, 1.82) is 0 Å². The summed E-state index contributed by atoms with van der Waals surface area (Å²) in [5.74, 6) is -12.5. The summed E-state index contributed by atoms with van der Waals surface area (Å²) in [6.07, 6.45) is 1.17. The van der Waals surface area contributed by atoms with Crippen LogP contribution in [-0.4, -0.2) is 21.6 Å². The van der Waals surface area contributed by atoms with Gasteiger partial charge in [0.25, 0.3) is 5.56 Å². The van der Waals surface area contributed by atoms with Gasteiger partial charge in [0, 0.05) is 12.3 Å². The van der Waals surface area contributed by atoms with Gasteiger partial charge in [0.2, 0.25) is 11.7 Å². The summed E-state index contributed by atoms with van der Waals surface area (Å²) < 4.78 is 65.6. The lowest BCUT2D eigenvalue weighted by Crippen LogP contribution is -2.19. The number of anilines is 1. The van der Waals surface area contributed by atoms with Crippen LogP contribution in [0.25, 0.3) is 0 Å². The Balaban J connectivity index is 2.13. The van der Waals surface area contributed by atoms with Crippen molar-refractivity contribution in [2.24, 2.45) is 0 Å². The van der Waals surface area contributed by atoms with Gasteiger partial charge in [0.1, 0.15) is 5.69 Å². The summed E-state index contributed by atoms with van der Waals surface area (Å²) in [4.78, 5) is 28.5. The molecule has 11 heteroatoms. The maximum atomic E-state index is 13.4. The minimum atomic E-state index is -2.32. The SMILES string of the molecule is O=C(CSc1nccc(=O)[nH]1)Nc1c(F)c(F)c(F)c(F)c1F. The van der Waals surface area contributed by atoms with Crippen LogP contribution in [-0.2, 0) is 4.79 Å². The average Bonchev–Trinajstić information content (AvgIpc) is 2.53. The standard InChI is InChI=1S/C12H6F5N3O2S/c13-6-7(14)9(16)11(10(17)8(6)15)19-5(22)3-23-12-18-2-1-4(21)20-12/h1-2H,3H2,(H,19,22)(H,18,20,21). The van der Waals surface area contributed by atoms with Crippen LogP contribution >= 0.6 is 11.8 Å². The third kappa shape index (κ3) is 3.67. The summed E-state index contributed by atoms with van der Waals surface area (Å²) >= 11 is 0.700. The lowest BCUT2D eigenvalue weighted by Gasteiger charge is -2.09. The van der Waals surface area contributed by atoms with Gasteiger partial charge in [0.15, 0.2) is 28.4 Å². The zero-order valence-electron chi connectivity index (χ0n) is 10.9. The average molecular weight is 351 g/mol. The highest BCUT2D eigenvalue weighted by Crippen LogP contribution is 2.27. The third-order valence-corrected chi connectivity index (χ3v) is 3.35. The molecule has 0 fully saturated rings. The van der Waals surface area contributed by atoms with Crippen LogP contribution in [0.3, 0.4) is 0 Å². The Labute approximate surface area is 128 Å². The normalized spacial score (nSPS) is 10.7. The zero-order chi connectivity index (χ0) is 17.1. The molecule has 0 bridgehead atoms. The molecular formula is C12H6F5N3O2S. The van der Waals surface area contributed by atoms with Gasteiger partial charge >= 0.3 is 0 Å². The maximum Gasteiger partial charge on any atom is 0.251 e. The van der Waals surface area contributed by atoms with Crippen LogP contribution in [0, 0.1) is 29.1 Å². The van der Waals surface area contributed by atoms with Crippen molar-refractivity contribution in [2.75, 3.05) is 11.1 Å². The predicted molar refractivity (Wildman–Crippen MR) is 70.4 cm³/mol. The van der Waals surface area contributed by atoms with Gasteiger partial charge in [-0.15, -0.1) is 0 Å². The number of carbonyl (C=O) groups excluding carboxylic acids is 1. The Bertz CT molecular complexity index is 798. The Morgan fingerprint density at radius 3 is 2.22 bits per heavy atom. The van der Waals surface area contributed by atoms with Crippen molar-refractivity contribution in [3.63, 3.8) is 0 Å². The minimum Gasteiger partial charge on any atom is -0.320 e. The molecule has 0 unspecified atom stereocenters. The van der Waals surface area contributed by atoms with Crippen molar-refractivity contribution in [2.45, 2.75) is 5.16 Å². The molecule has 0 aliphatic carbocycles. The first kappa shape index (κ1) is 16.9. The number of carbonyl (C=O) groups is 1. The highest BCUT2D eigenvalue weighted by molar-refractivity contribution is 7.99. The summed E-state index contributed by atoms with van der Waals surface area (Å²) in [7, 11) is 0. The zero-order valence-corrected chi connectivity index (χ0v) is 11.7. The number of hydrogen-bond acceptors (Lipinski definition) is 4. The topological polar surface area (TPSA) is 74.8 Å². The van der Waals surface area contributed by atoms with Crippen molar-refractivity contribution >= 4 is 23.4 Å². The van der Waals surface area contributed by atoms with E-state index in [1.54, 1.807) is 5.32 Å². The molecule has 23 heavy (non-hydrogen) atoms. The summed E-state index contributed by atoms with van der Waals surface area (Å²) in [5, 5.41) is 1.64. The molecule has 2 N–H and O–H groups in total. The Kier molecular flexibility index (Phi) is 4.98. The number of aromatic nitrogens is 2. The van der Waals surface area contributed by atoms with Crippen LogP contribution < -0.4 is 10.9 Å². The molecule has 0 saturated heterocycles. The van der Waals surface area contributed by atoms with Gasteiger partial charge in [-0.2, -0.15) is 0 Å². The molecule has 1 aromatic carbocycles. The molecule has 0 atom stereocenters. The number of rotatable bonds is 4. The molecule has 1 heterocycles. The predicted octanol–water partition coefficient (Wildman–Crippen LogP) is 2.20. The van der Waals surface area contributed by atoms with Crippen LogP contribution in [0.2, 0.25) is 0 Å². The third-order valence-electron chi connectivity index (χ3n) is 2.46. The second-order valence-corrected chi connectivity index (χ2v) is 4.99. The van der Waals surface area contributed by atoms with Gasteiger partial charge in [-0.05, 0) is 0 Å².